The van der Waals surface area contributed by atoms with E-state index in [0.29, 0.717) is 6.54 Å². The van der Waals surface area contributed by atoms with Crippen LogP contribution in [0.4, 0.5) is 0 Å². The second-order valence-electron chi connectivity index (χ2n) is 1.82. The van der Waals surface area contributed by atoms with E-state index in [4.69, 9.17) is 0 Å². The highest BCUT2D eigenvalue weighted by molar-refractivity contribution is 7.92. The first-order valence-electron chi connectivity index (χ1n) is 3.08. The molecule has 11 heteroatoms. The number of rotatable bonds is 4. The fourth-order valence-electron chi connectivity index (χ4n) is 0.318. The lowest BCUT2D eigenvalue weighted by Gasteiger charge is -2.07. The van der Waals surface area contributed by atoms with Crippen molar-refractivity contribution in [2.24, 2.45) is 0 Å². The van der Waals surface area contributed by atoms with Gasteiger partial charge in [-0.1, -0.05) is 6.92 Å². The quantitative estimate of drug-likeness (QED) is 0.549. The average molecular weight is 266 g/mol. The molecule has 0 aliphatic heterocycles. The third-order valence-corrected chi connectivity index (χ3v) is 2.44. The zero-order chi connectivity index (χ0) is 11.8. The van der Waals surface area contributed by atoms with Gasteiger partial charge in [-0.3, -0.25) is 8.42 Å². The number of hydrogen-bond donors (Lipinski definition) is 2. The third-order valence-electron chi connectivity index (χ3n) is 0.543. The molecule has 0 aromatic rings. The van der Waals surface area contributed by atoms with Gasteiger partial charge in [-0.2, -0.15) is 4.13 Å². The van der Waals surface area contributed by atoms with Gasteiger partial charge in [0.05, 0.1) is 6.26 Å². The van der Waals surface area contributed by atoms with Gasteiger partial charge in [0.2, 0.25) is 10.0 Å². The summed E-state index contributed by atoms with van der Waals surface area (Å²) in [5.74, 6) is 0. The number of hydrogen-bond acceptors (Lipinski definition) is 6. The van der Waals surface area contributed by atoms with E-state index in [1.165, 1.54) is 0 Å². The van der Waals surface area contributed by atoms with Gasteiger partial charge >= 0.3 is 0 Å². The van der Waals surface area contributed by atoms with Crippen molar-refractivity contribution in [1.82, 2.24) is 8.85 Å². The predicted octanol–water partition coefficient (Wildman–Crippen LogP) is -2.28. The highest BCUT2D eigenvalue weighted by Crippen LogP contribution is 1.67. The van der Waals surface area contributed by atoms with E-state index in [0.717, 1.165) is 10.4 Å². The van der Waals surface area contributed by atoms with E-state index >= 15 is 0 Å². The highest BCUT2D eigenvalue weighted by Gasteiger charge is 1.92. The number of nitrogens with one attached hydrogen (secondary N) is 2. The van der Waals surface area contributed by atoms with Crippen molar-refractivity contribution in [3.8, 4) is 0 Å². The fourth-order valence-corrected chi connectivity index (χ4v) is 1.29. The SMILES string of the molecule is CCNS(C)(=O)=O.O=S([O-])NS(=O)[O-]. The summed E-state index contributed by atoms with van der Waals surface area (Å²) >= 11 is -5.42. The zero-order valence-corrected chi connectivity index (χ0v) is 9.83. The Bertz CT molecular complexity index is 275. The second kappa shape index (κ2) is 8.40. The monoisotopic (exact) mass is 266 g/mol. The Morgan fingerprint density at radius 3 is 1.57 bits per heavy atom. The van der Waals surface area contributed by atoms with E-state index in [-0.39, 0.29) is 0 Å². The summed E-state index contributed by atoms with van der Waals surface area (Å²) < 4.78 is 60.9. The largest absolute Gasteiger partial charge is 0.759 e. The first kappa shape index (κ1) is 16.5. The summed E-state index contributed by atoms with van der Waals surface area (Å²) in [7, 11) is -2.92. The van der Waals surface area contributed by atoms with Gasteiger partial charge in [0.25, 0.3) is 0 Å². The smallest absolute Gasteiger partial charge is 0.208 e. The first-order valence-corrected chi connectivity index (χ1v) is 7.12. The van der Waals surface area contributed by atoms with Gasteiger partial charge in [-0.05, 0) is 0 Å². The summed E-state index contributed by atoms with van der Waals surface area (Å²) in [6, 6.07) is 0. The van der Waals surface area contributed by atoms with Crippen LogP contribution in [0.15, 0.2) is 0 Å². The maximum atomic E-state index is 10.1. The molecule has 0 bridgehead atoms. The van der Waals surface area contributed by atoms with Crippen molar-refractivity contribution < 1.29 is 25.9 Å². The highest BCUT2D eigenvalue weighted by atomic mass is 32.3. The van der Waals surface area contributed by atoms with Gasteiger partial charge in [0, 0.05) is 29.1 Å². The van der Waals surface area contributed by atoms with Crippen LogP contribution >= 0.6 is 0 Å². The van der Waals surface area contributed by atoms with Gasteiger partial charge in [0.15, 0.2) is 0 Å². The minimum Gasteiger partial charge on any atom is -0.759 e. The molecule has 0 aliphatic carbocycles. The van der Waals surface area contributed by atoms with E-state index in [1.54, 1.807) is 6.92 Å². The Morgan fingerprint density at radius 1 is 1.21 bits per heavy atom. The maximum absolute atomic E-state index is 10.1. The molecule has 88 valence electrons. The summed E-state index contributed by atoms with van der Waals surface area (Å²) in [6.07, 6.45) is 1.14. The van der Waals surface area contributed by atoms with Crippen molar-refractivity contribution in [3.63, 3.8) is 0 Å². The third kappa shape index (κ3) is 22.7. The van der Waals surface area contributed by atoms with Gasteiger partial charge in [0.1, 0.15) is 0 Å². The lowest BCUT2D eigenvalue weighted by Crippen LogP contribution is -2.20. The Hall–Kier alpha value is 0.0900. The molecule has 8 nitrogen and oxygen atoms in total. The molecule has 0 radical (unpaired) electrons. The molecular weight excluding hydrogens is 256 g/mol. The van der Waals surface area contributed by atoms with Gasteiger partial charge < -0.3 is 9.11 Å². The van der Waals surface area contributed by atoms with E-state index < -0.39 is 32.6 Å². The minimum absolute atomic E-state index is 0.471. The molecule has 0 heterocycles. The Balaban J connectivity index is 0. The minimum atomic E-state index is -2.92. The molecule has 0 aromatic carbocycles. The van der Waals surface area contributed by atoms with Crippen molar-refractivity contribution in [2.75, 3.05) is 12.8 Å². The molecule has 0 aromatic heterocycles. The van der Waals surface area contributed by atoms with Gasteiger partial charge in [-0.25, -0.2) is 13.1 Å². The predicted molar refractivity (Wildman–Crippen MR) is 49.5 cm³/mol. The molecular formula is C3H10N2O6S3-2. The van der Waals surface area contributed by atoms with Crippen LogP contribution in [-0.2, 0) is 32.6 Å². The van der Waals surface area contributed by atoms with Crippen molar-refractivity contribution in [3.05, 3.63) is 0 Å². The molecule has 2 atom stereocenters. The summed E-state index contributed by atoms with van der Waals surface area (Å²) in [5.41, 5.74) is 0. The maximum Gasteiger partial charge on any atom is 0.208 e. The summed E-state index contributed by atoms with van der Waals surface area (Å²) in [4.78, 5) is 0. The fraction of sp³-hybridized carbons (Fsp3) is 1.00. The van der Waals surface area contributed by atoms with Crippen LogP contribution in [-0.4, -0.2) is 38.7 Å². The average Bonchev–Trinajstić information content (AvgIpc) is 1.80. The molecule has 0 fully saturated rings. The molecule has 0 spiro atoms. The summed E-state index contributed by atoms with van der Waals surface area (Å²) in [6.45, 7) is 2.21. The van der Waals surface area contributed by atoms with Crippen molar-refractivity contribution in [2.45, 2.75) is 6.92 Å². The Kier molecular flexibility index (Phi) is 9.91. The normalized spacial score (nSPS) is 15.1. The zero-order valence-electron chi connectivity index (χ0n) is 7.38. The Morgan fingerprint density at radius 2 is 1.57 bits per heavy atom. The van der Waals surface area contributed by atoms with Crippen LogP contribution in [0.1, 0.15) is 6.92 Å². The molecule has 0 saturated heterocycles. The van der Waals surface area contributed by atoms with E-state index in [1.807, 2.05) is 0 Å². The number of sulfonamides is 1. The van der Waals surface area contributed by atoms with E-state index in [9.17, 15) is 25.9 Å². The van der Waals surface area contributed by atoms with Crippen LogP contribution in [0.2, 0.25) is 0 Å². The topological polar surface area (TPSA) is 138 Å². The van der Waals surface area contributed by atoms with Gasteiger partial charge in [-0.15, -0.1) is 0 Å². The Labute approximate surface area is 87.4 Å². The van der Waals surface area contributed by atoms with Crippen molar-refractivity contribution in [1.29, 1.82) is 0 Å². The summed E-state index contributed by atoms with van der Waals surface area (Å²) in [5, 5.41) is 0. The van der Waals surface area contributed by atoms with Crippen LogP contribution in [0.5, 0.6) is 0 Å². The molecule has 0 rings (SSSR count). The lowest BCUT2D eigenvalue weighted by molar-refractivity contribution is 0.515. The molecule has 0 aliphatic rings. The lowest BCUT2D eigenvalue weighted by atomic mass is 10.8. The second-order valence-corrected chi connectivity index (χ2v) is 5.26. The molecule has 0 saturated carbocycles. The van der Waals surface area contributed by atoms with Crippen LogP contribution in [0.25, 0.3) is 0 Å². The standard InChI is InChI=1S/C3H9NO2S.H3NO4S2/c1-3-4-7(2,5)6;2-6(3)1-7(4)5/h4H,3H2,1-2H3;1H,(H,2,3)(H,4,5)/p-2. The molecule has 2 unspecified atom stereocenters. The first-order chi connectivity index (χ1) is 6.19. The molecule has 14 heavy (non-hydrogen) atoms. The molecule has 2 N–H and O–H groups in total. The molecule has 0 amide bonds. The van der Waals surface area contributed by atoms with E-state index in [2.05, 4.69) is 4.72 Å². The van der Waals surface area contributed by atoms with Crippen LogP contribution in [0.3, 0.4) is 0 Å². The van der Waals surface area contributed by atoms with Crippen LogP contribution in [0, 0.1) is 0 Å². The van der Waals surface area contributed by atoms with Crippen molar-refractivity contribution >= 4 is 32.6 Å². The van der Waals surface area contributed by atoms with Crippen LogP contribution < -0.4 is 8.85 Å².